The van der Waals surface area contributed by atoms with Gasteiger partial charge in [-0.3, -0.25) is 38.2 Å². The number of carbonyl (C=O) groups excluding carboxylic acids is 2. The van der Waals surface area contributed by atoms with Crippen molar-refractivity contribution in [2.75, 3.05) is 47.6 Å². The molecule has 12 heteroatoms. The van der Waals surface area contributed by atoms with E-state index in [0.717, 1.165) is 41.2 Å². The Kier molecular flexibility index (Phi) is 8.05. The molecule has 2 aromatic rings. The first-order chi connectivity index (χ1) is 19.2. The summed E-state index contributed by atoms with van der Waals surface area (Å²) in [4.78, 5) is 61.0. The first-order valence-electron chi connectivity index (χ1n) is 13.6. The quantitative estimate of drug-likeness (QED) is 0.285. The molecule has 0 radical (unpaired) electrons. The predicted molar refractivity (Wildman–Crippen MR) is 158 cm³/mol. The fourth-order valence-electron chi connectivity index (χ4n) is 5.92. The van der Waals surface area contributed by atoms with Crippen molar-refractivity contribution in [1.29, 1.82) is 0 Å². The van der Waals surface area contributed by atoms with Gasteiger partial charge in [-0.1, -0.05) is 42.0 Å². The molecule has 5 rings (SSSR count). The smallest absolute Gasteiger partial charge is 0.327 e. The summed E-state index contributed by atoms with van der Waals surface area (Å²) in [6.07, 6.45) is 3.71. The zero-order valence-corrected chi connectivity index (χ0v) is 24.1. The summed E-state index contributed by atoms with van der Waals surface area (Å²) in [6.45, 7) is 5.99. The highest BCUT2D eigenvalue weighted by atomic mass is 32.2. The lowest BCUT2D eigenvalue weighted by atomic mass is 9.97. The largest absolute Gasteiger partial charge is 0.332 e. The number of nitrogens with two attached hydrogens (primary N) is 1. The topological polar surface area (TPSA) is 117 Å². The molecule has 1 aromatic carbocycles. The number of nitrogens with zero attached hydrogens (tertiary/aromatic N) is 6. The fraction of sp³-hybridized carbons (Fsp3) is 0.500. The number of amides is 1. The highest BCUT2D eigenvalue weighted by molar-refractivity contribution is 7.99. The van der Waals surface area contributed by atoms with Crippen molar-refractivity contribution in [3.8, 4) is 0 Å². The maximum absolute atomic E-state index is 14.0. The molecule has 3 aliphatic heterocycles. The predicted octanol–water partition coefficient (Wildman–Crippen LogP) is 1.22. The molecular formula is C28H37N7O4S. The minimum Gasteiger partial charge on any atom is -0.327 e. The number of ketones is 1. The van der Waals surface area contributed by atoms with Crippen LogP contribution in [0, 0.1) is 0 Å². The molecule has 3 aliphatic rings. The maximum atomic E-state index is 14.0. The number of anilines is 2. The van der Waals surface area contributed by atoms with Crippen molar-refractivity contribution in [2.24, 2.45) is 12.8 Å². The molecule has 40 heavy (non-hydrogen) atoms. The number of thioether (sulfide) groups is 1. The molecule has 1 aromatic heterocycles. The van der Waals surface area contributed by atoms with Crippen LogP contribution in [0.1, 0.15) is 37.0 Å². The third-order valence-corrected chi connectivity index (χ3v) is 8.97. The van der Waals surface area contributed by atoms with Crippen LogP contribution in [0.3, 0.4) is 0 Å². The highest BCUT2D eigenvalue weighted by Crippen LogP contribution is 2.39. The second-order valence-electron chi connectivity index (χ2n) is 11.0. The number of hydrogen-bond donors (Lipinski definition) is 1. The average Bonchev–Trinajstić information content (AvgIpc) is 3.61. The second-order valence-corrected chi connectivity index (χ2v) is 12.0. The fourth-order valence-corrected chi connectivity index (χ4v) is 7.01. The Morgan fingerprint density at radius 3 is 2.58 bits per heavy atom. The van der Waals surface area contributed by atoms with Crippen LogP contribution in [0.25, 0.3) is 0 Å². The third kappa shape index (κ3) is 5.05. The van der Waals surface area contributed by atoms with Gasteiger partial charge in [0.05, 0.1) is 12.2 Å². The Morgan fingerprint density at radius 2 is 1.93 bits per heavy atom. The maximum Gasteiger partial charge on any atom is 0.332 e. The Labute approximate surface area is 237 Å². The number of carbonyl (C=O) groups is 2. The number of hydrogen-bond acceptors (Lipinski definition) is 9. The molecular weight excluding hydrogens is 530 g/mol. The van der Waals surface area contributed by atoms with Gasteiger partial charge in [0.1, 0.15) is 5.69 Å². The summed E-state index contributed by atoms with van der Waals surface area (Å²) in [6, 6.07) is 8.59. The molecule has 2 saturated heterocycles. The van der Waals surface area contributed by atoms with E-state index in [1.165, 1.54) is 16.5 Å². The van der Waals surface area contributed by atoms with E-state index in [9.17, 15) is 19.2 Å². The lowest BCUT2D eigenvalue weighted by Crippen LogP contribution is -2.68. The summed E-state index contributed by atoms with van der Waals surface area (Å²) in [7, 11) is 1.53. The van der Waals surface area contributed by atoms with Crippen LogP contribution in [0.4, 0.5) is 11.5 Å². The van der Waals surface area contributed by atoms with Crippen LogP contribution in [0.5, 0.6) is 0 Å². The number of piperidine rings is 1. The minimum absolute atomic E-state index is 0.225. The SMILES string of the molecule is CC(C)=CCN1c2c(n(C)c(=O)n(CC(=O)c3ccccc3)c2=O)N(C=O)C1N1CCCC(N)(N2CCSC2)C1. The Hall–Kier alpha value is -3.19. The summed E-state index contributed by atoms with van der Waals surface area (Å²) in [5, 5.41) is 0. The standard InChI is InChI=1S/C28H37N7O4S/c1-20(2)10-13-33-23-24(30(3)27(39)34(25(23)38)16-22(37)21-8-5-4-6-9-21)35(18-36)26(33)31-12-7-11-28(29,17-31)32-14-15-40-19-32/h4-6,8-10,18,26H,7,11-17,19,29H2,1-3H3. The third-order valence-electron chi connectivity index (χ3n) is 8.00. The zero-order valence-electron chi connectivity index (χ0n) is 23.3. The number of allylic oxidation sites excluding steroid dienone is 1. The molecule has 1 amide bonds. The van der Waals surface area contributed by atoms with Crippen molar-refractivity contribution in [3.63, 3.8) is 0 Å². The van der Waals surface area contributed by atoms with Gasteiger partial charge >= 0.3 is 5.69 Å². The number of benzene rings is 1. The number of aromatic nitrogens is 2. The van der Waals surface area contributed by atoms with Crippen molar-refractivity contribution < 1.29 is 9.59 Å². The Bertz CT molecular complexity index is 1430. The molecule has 0 bridgehead atoms. The monoisotopic (exact) mass is 567 g/mol. The normalized spacial score (nSPS) is 23.4. The Balaban J connectivity index is 1.59. The van der Waals surface area contributed by atoms with Gasteiger partial charge < -0.3 is 10.6 Å². The van der Waals surface area contributed by atoms with E-state index >= 15 is 0 Å². The molecule has 0 spiro atoms. The number of rotatable bonds is 8. The minimum atomic E-state index is -0.649. The average molecular weight is 568 g/mol. The number of fused-ring (bicyclic) bond motifs is 1. The molecule has 0 saturated carbocycles. The molecule has 2 atom stereocenters. The van der Waals surface area contributed by atoms with Crippen molar-refractivity contribution in [3.05, 3.63) is 68.4 Å². The van der Waals surface area contributed by atoms with E-state index in [1.54, 1.807) is 30.3 Å². The van der Waals surface area contributed by atoms with Gasteiger partial charge in [0.2, 0.25) is 6.41 Å². The summed E-state index contributed by atoms with van der Waals surface area (Å²) in [5.74, 6) is 1.78. The summed E-state index contributed by atoms with van der Waals surface area (Å²) < 4.78 is 2.27. The van der Waals surface area contributed by atoms with Gasteiger partial charge in [-0.2, -0.15) is 0 Å². The molecule has 2 fully saturated rings. The van der Waals surface area contributed by atoms with Crippen LogP contribution in [-0.4, -0.2) is 80.9 Å². The zero-order chi connectivity index (χ0) is 28.6. The van der Waals surface area contributed by atoms with Crippen LogP contribution in [0.15, 0.2) is 51.6 Å². The van der Waals surface area contributed by atoms with Gasteiger partial charge in [0, 0.05) is 50.4 Å². The van der Waals surface area contributed by atoms with Gasteiger partial charge in [0.25, 0.3) is 5.56 Å². The molecule has 0 aliphatic carbocycles. The van der Waals surface area contributed by atoms with Crippen LogP contribution < -0.4 is 26.8 Å². The number of likely N-dealkylation sites (tertiary alicyclic amines) is 1. The molecule has 2 unspecified atom stereocenters. The lowest BCUT2D eigenvalue weighted by molar-refractivity contribution is -0.109. The van der Waals surface area contributed by atoms with E-state index < -0.39 is 29.7 Å². The molecule has 214 valence electrons. The molecule has 4 heterocycles. The second kappa shape index (κ2) is 11.4. The summed E-state index contributed by atoms with van der Waals surface area (Å²) in [5.41, 5.74) is 6.87. The molecule has 2 N–H and O–H groups in total. The van der Waals surface area contributed by atoms with Crippen molar-refractivity contribution >= 4 is 35.5 Å². The van der Waals surface area contributed by atoms with Crippen LogP contribution >= 0.6 is 11.8 Å². The van der Waals surface area contributed by atoms with Gasteiger partial charge in [0.15, 0.2) is 17.9 Å². The van der Waals surface area contributed by atoms with Crippen LogP contribution in [0.2, 0.25) is 0 Å². The van der Waals surface area contributed by atoms with E-state index in [4.69, 9.17) is 5.73 Å². The lowest BCUT2D eigenvalue weighted by Gasteiger charge is -2.49. The highest BCUT2D eigenvalue weighted by Gasteiger charge is 2.48. The number of Topliss-reactive ketones (excluding diaryl/α,β-unsaturated/α-hetero) is 1. The van der Waals surface area contributed by atoms with Gasteiger partial charge in [-0.15, -0.1) is 11.8 Å². The van der Waals surface area contributed by atoms with E-state index in [0.29, 0.717) is 31.6 Å². The Morgan fingerprint density at radius 1 is 1.18 bits per heavy atom. The van der Waals surface area contributed by atoms with Gasteiger partial charge in [-0.05, 0) is 26.7 Å². The first-order valence-corrected chi connectivity index (χ1v) is 14.7. The van der Waals surface area contributed by atoms with E-state index in [2.05, 4.69) is 9.80 Å². The van der Waals surface area contributed by atoms with E-state index in [-0.39, 0.29) is 17.3 Å². The van der Waals surface area contributed by atoms with Crippen LogP contribution in [-0.2, 0) is 18.4 Å². The first kappa shape index (κ1) is 28.3. The van der Waals surface area contributed by atoms with E-state index in [1.807, 2.05) is 36.6 Å². The van der Waals surface area contributed by atoms with Crippen molar-refractivity contribution in [2.45, 2.75) is 45.2 Å². The van der Waals surface area contributed by atoms with Crippen molar-refractivity contribution in [1.82, 2.24) is 18.9 Å². The molecule has 11 nitrogen and oxygen atoms in total. The van der Waals surface area contributed by atoms with Gasteiger partial charge in [-0.25, -0.2) is 4.79 Å². The summed E-state index contributed by atoms with van der Waals surface area (Å²) >= 11 is 1.86.